The normalized spacial score (nSPS) is 23.7. The van der Waals surface area contributed by atoms with Gasteiger partial charge in [0.15, 0.2) is 0 Å². The van der Waals surface area contributed by atoms with Crippen molar-refractivity contribution in [2.24, 2.45) is 5.92 Å². The first-order valence-electron chi connectivity index (χ1n) is 7.78. The van der Waals surface area contributed by atoms with E-state index < -0.39 is 0 Å². The fourth-order valence-electron chi connectivity index (χ4n) is 3.59. The Morgan fingerprint density at radius 2 is 1.82 bits per heavy atom. The summed E-state index contributed by atoms with van der Waals surface area (Å²) in [7, 11) is 2.07. The number of halogens is 1. The molecular formula is C19H22ClNO. The lowest BCUT2D eigenvalue weighted by molar-refractivity contribution is 0.215. The topological polar surface area (TPSA) is 23.5 Å². The van der Waals surface area contributed by atoms with Crippen LogP contribution in [-0.4, -0.2) is 36.8 Å². The van der Waals surface area contributed by atoms with Crippen LogP contribution in [-0.2, 0) is 5.41 Å². The maximum Gasteiger partial charge on any atom is 0.0558 e. The summed E-state index contributed by atoms with van der Waals surface area (Å²) < 4.78 is 0. The van der Waals surface area contributed by atoms with Gasteiger partial charge in [-0.25, -0.2) is 0 Å². The highest BCUT2D eigenvalue weighted by Gasteiger charge is 2.57. The molecular weight excluding hydrogens is 294 g/mol. The Hall–Kier alpha value is -1.35. The molecule has 0 saturated heterocycles. The number of likely N-dealkylation sites (N-methyl/N-ethyl adjacent to an activating group) is 1. The number of rotatable bonds is 6. The monoisotopic (exact) mass is 315 g/mol. The number of benzene rings is 2. The molecule has 22 heavy (non-hydrogen) atoms. The van der Waals surface area contributed by atoms with Crippen LogP contribution in [0.3, 0.4) is 0 Å². The van der Waals surface area contributed by atoms with Crippen molar-refractivity contribution in [1.82, 2.24) is 4.90 Å². The van der Waals surface area contributed by atoms with Crippen molar-refractivity contribution in [3.8, 4) is 0 Å². The van der Waals surface area contributed by atoms with Crippen LogP contribution in [0.5, 0.6) is 0 Å². The average molecular weight is 316 g/mol. The molecule has 0 heterocycles. The third-order valence-corrected chi connectivity index (χ3v) is 5.09. The maximum atomic E-state index is 9.12. The summed E-state index contributed by atoms with van der Waals surface area (Å²) in [5.41, 5.74) is 2.58. The van der Waals surface area contributed by atoms with Gasteiger partial charge >= 0.3 is 0 Å². The largest absolute Gasteiger partial charge is 0.395 e. The Kier molecular flexibility index (Phi) is 4.53. The first-order chi connectivity index (χ1) is 10.7. The Morgan fingerprint density at radius 1 is 1.14 bits per heavy atom. The summed E-state index contributed by atoms with van der Waals surface area (Å²) in [5.74, 6) is 0.534. The van der Waals surface area contributed by atoms with Crippen molar-refractivity contribution in [3.05, 3.63) is 70.7 Å². The van der Waals surface area contributed by atoms with E-state index in [0.717, 1.165) is 18.0 Å². The molecule has 3 heteroatoms. The van der Waals surface area contributed by atoms with E-state index in [1.54, 1.807) is 0 Å². The lowest BCUT2D eigenvalue weighted by Gasteiger charge is -2.23. The highest BCUT2D eigenvalue weighted by Crippen LogP contribution is 2.60. The van der Waals surface area contributed by atoms with Gasteiger partial charge in [-0.1, -0.05) is 60.1 Å². The van der Waals surface area contributed by atoms with Gasteiger partial charge in [-0.15, -0.1) is 0 Å². The third kappa shape index (κ3) is 2.79. The molecule has 1 aliphatic carbocycles. The molecule has 1 fully saturated rings. The predicted molar refractivity (Wildman–Crippen MR) is 91.4 cm³/mol. The minimum atomic E-state index is 0.0172. The molecule has 0 aliphatic heterocycles. The van der Waals surface area contributed by atoms with Gasteiger partial charge in [0, 0.05) is 23.5 Å². The van der Waals surface area contributed by atoms with E-state index in [4.69, 9.17) is 16.7 Å². The van der Waals surface area contributed by atoms with Crippen molar-refractivity contribution in [2.45, 2.75) is 11.8 Å². The van der Waals surface area contributed by atoms with Gasteiger partial charge in [0.25, 0.3) is 0 Å². The van der Waals surface area contributed by atoms with Crippen LogP contribution in [0.4, 0.5) is 0 Å². The molecule has 0 radical (unpaired) electrons. The highest BCUT2D eigenvalue weighted by molar-refractivity contribution is 6.31. The van der Waals surface area contributed by atoms with Gasteiger partial charge in [0.1, 0.15) is 0 Å². The molecule has 2 unspecified atom stereocenters. The van der Waals surface area contributed by atoms with Crippen molar-refractivity contribution in [1.29, 1.82) is 0 Å². The molecule has 2 atom stereocenters. The molecule has 0 aromatic heterocycles. The van der Waals surface area contributed by atoms with Gasteiger partial charge in [-0.2, -0.15) is 0 Å². The molecule has 2 nitrogen and oxygen atoms in total. The Balaban J connectivity index is 1.95. The molecule has 2 aromatic carbocycles. The second kappa shape index (κ2) is 6.41. The molecule has 1 saturated carbocycles. The fraction of sp³-hybridized carbons (Fsp3) is 0.368. The van der Waals surface area contributed by atoms with Gasteiger partial charge in [0.2, 0.25) is 0 Å². The summed E-state index contributed by atoms with van der Waals surface area (Å²) in [6.45, 7) is 1.89. The summed E-state index contributed by atoms with van der Waals surface area (Å²) in [4.78, 5) is 2.20. The van der Waals surface area contributed by atoms with Crippen molar-refractivity contribution in [2.75, 3.05) is 26.7 Å². The predicted octanol–water partition coefficient (Wildman–Crippen LogP) is 3.57. The average Bonchev–Trinajstić information content (AvgIpc) is 3.23. The molecule has 2 aromatic rings. The van der Waals surface area contributed by atoms with E-state index in [1.165, 1.54) is 11.1 Å². The number of aliphatic hydroxyl groups excluding tert-OH is 1. The molecule has 0 spiro atoms. The van der Waals surface area contributed by atoms with E-state index in [9.17, 15) is 0 Å². The number of hydrogen-bond acceptors (Lipinski definition) is 2. The van der Waals surface area contributed by atoms with Crippen LogP contribution in [0.15, 0.2) is 54.6 Å². The first-order valence-corrected chi connectivity index (χ1v) is 8.16. The van der Waals surface area contributed by atoms with Crippen molar-refractivity contribution < 1.29 is 5.11 Å². The van der Waals surface area contributed by atoms with Crippen molar-refractivity contribution >= 4 is 11.6 Å². The number of nitrogens with zero attached hydrogens (tertiary/aromatic N) is 1. The van der Waals surface area contributed by atoms with Crippen LogP contribution in [0.2, 0.25) is 5.02 Å². The van der Waals surface area contributed by atoms with Gasteiger partial charge in [0.05, 0.1) is 6.61 Å². The minimum Gasteiger partial charge on any atom is -0.395 e. The zero-order valence-corrected chi connectivity index (χ0v) is 13.6. The van der Waals surface area contributed by atoms with Crippen molar-refractivity contribution in [3.63, 3.8) is 0 Å². The fourth-order valence-corrected chi connectivity index (χ4v) is 3.89. The molecule has 0 bridgehead atoms. The molecule has 116 valence electrons. The number of aliphatic hydroxyl groups is 1. The molecule has 3 rings (SSSR count). The lowest BCUT2D eigenvalue weighted by Crippen LogP contribution is -2.27. The SMILES string of the molecule is CN(CCO)CC1CC1(c1ccccc1)c1ccccc1Cl. The van der Waals surface area contributed by atoms with E-state index in [2.05, 4.69) is 54.4 Å². The second-order valence-corrected chi connectivity index (χ2v) is 6.61. The summed E-state index contributed by atoms with van der Waals surface area (Å²) in [6, 6.07) is 18.8. The zero-order valence-electron chi connectivity index (χ0n) is 12.9. The Morgan fingerprint density at radius 3 is 2.50 bits per heavy atom. The standard InChI is InChI=1S/C19H22ClNO/c1-21(11-12-22)14-16-13-19(16,15-7-3-2-4-8-15)17-9-5-6-10-18(17)20/h2-10,16,22H,11-14H2,1H3. The van der Waals surface area contributed by atoms with Crippen LogP contribution in [0.1, 0.15) is 17.5 Å². The van der Waals surface area contributed by atoms with Crippen LogP contribution < -0.4 is 0 Å². The Labute approximate surface area is 137 Å². The Bertz CT molecular complexity index is 630. The van der Waals surface area contributed by atoms with E-state index >= 15 is 0 Å². The summed E-state index contributed by atoms with van der Waals surface area (Å²) >= 11 is 6.51. The smallest absolute Gasteiger partial charge is 0.0558 e. The molecule has 1 N–H and O–H groups in total. The van der Waals surface area contributed by atoms with Crippen LogP contribution in [0, 0.1) is 5.92 Å². The maximum absolute atomic E-state index is 9.12. The minimum absolute atomic E-state index is 0.0172. The van der Waals surface area contributed by atoms with Gasteiger partial charge in [-0.05, 0) is 36.6 Å². The summed E-state index contributed by atoms with van der Waals surface area (Å²) in [5, 5.41) is 9.96. The molecule has 0 amide bonds. The zero-order chi connectivity index (χ0) is 15.6. The molecule has 1 aliphatic rings. The van der Waals surface area contributed by atoms with Crippen LogP contribution >= 0.6 is 11.6 Å². The number of hydrogen-bond donors (Lipinski definition) is 1. The van der Waals surface area contributed by atoms with Gasteiger partial charge < -0.3 is 10.0 Å². The third-order valence-electron chi connectivity index (χ3n) is 4.76. The first kappa shape index (κ1) is 15.5. The lowest BCUT2D eigenvalue weighted by atomic mass is 9.85. The van der Waals surface area contributed by atoms with Gasteiger partial charge in [-0.3, -0.25) is 0 Å². The van der Waals surface area contributed by atoms with E-state index in [1.807, 2.05) is 12.1 Å². The quantitative estimate of drug-likeness (QED) is 0.881. The second-order valence-electron chi connectivity index (χ2n) is 6.20. The van der Waals surface area contributed by atoms with Crippen LogP contribution in [0.25, 0.3) is 0 Å². The van der Waals surface area contributed by atoms with E-state index in [-0.39, 0.29) is 12.0 Å². The van der Waals surface area contributed by atoms with E-state index in [0.29, 0.717) is 12.5 Å². The highest BCUT2D eigenvalue weighted by atomic mass is 35.5. The summed E-state index contributed by atoms with van der Waals surface area (Å²) in [6.07, 6.45) is 1.11.